The summed E-state index contributed by atoms with van der Waals surface area (Å²) in [6, 6.07) is 121. The van der Waals surface area contributed by atoms with Crippen LogP contribution in [0.4, 0.5) is 17.1 Å². The molecule has 2 heterocycles. The van der Waals surface area contributed by atoms with Gasteiger partial charge in [0.25, 0.3) is 0 Å². The normalized spacial score (nSPS) is 18.3. The molecule has 0 radical (unpaired) electrons. The number of hydrogen-bond donors (Lipinski definition) is 0. The molecule has 4 aliphatic carbocycles. The predicted octanol–water partition coefficient (Wildman–Crippen LogP) is 14.7. The summed E-state index contributed by atoms with van der Waals surface area (Å²) >= 11 is 0. The Hall–Kier alpha value is -9.33. The number of benzene rings is 12. The Labute approximate surface area is 507 Å². The van der Waals surface area contributed by atoms with Crippen LogP contribution in [0.25, 0.3) is 38.6 Å². The molecule has 1 aliphatic heterocycles. The summed E-state index contributed by atoms with van der Waals surface area (Å²) in [5, 5.41) is 13.4. The Morgan fingerprint density at radius 3 is 1.00 bits per heavy atom. The summed E-state index contributed by atoms with van der Waals surface area (Å²) in [5.74, 6) is 3.17. The van der Waals surface area contributed by atoms with Crippen LogP contribution in [0, 0.1) is 23.7 Å². The van der Waals surface area contributed by atoms with E-state index in [0.717, 1.165) is 17.5 Å². The summed E-state index contributed by atoms with van der Waals surface area (Å²) < 4.78 is 2.56. The van der Waals surface area contributed by atoms with Gasteiger partial charge in [0.15, 0.2) is 16.1 Å². The van der Waals surface area contributed by atoms with Crippen LogP contribution < -0.4 is 46.4 Å². The lowest BCUT2D eigenvalue weighted by Crippen LogP contribution is -2.74. The molecule has 86 heavy (non-hydrogen) atoms. The zero-order valence-electron chi connectivity index (χ0n) is 48.3. The van der Waals surface area contributed by atoms with Gasteiger partial charge in [0.05, 0.1) is 22.4 Å². The number of aromatic nitrogens is 1. The first-order valence-electron chi connectivity index (χ1n) is 31.2. The minimum absolute atomic E-state index is 0.0650. The maximum Gasteiger partial charge on any atom is 0.179 e. The average Bonchev–Trinajstić information content (AvgIpc) is 0.772. The molecule has 4 saturated carbocycles. The number of hydrogen-bond acceptors (Lipinski definition) is 1. The molecule has 12 aromatic carbocycles. The lowest BCUT2D eigenvalue weighted by molar-refractivity contribution is -0.0419. The maximum absolute atomic E-state index is 2.92. The zero-order valence-corrected chi connectivity index (χ0v) is 50.3. The lowest BCUT2D eigenvalue weighted by atomic mass is 9.41. The highest BCUT2D eigenvalue weighted by Gasteiger charge is 2.61. The van der Waals surface area contributed by atoms with Gasteiger partial charge in [0.2, 0.25) is 0 Å². The van der Waals surface area contributed by atoms with Crippen molar-refractivity contribution in [2.24, 2.45) is 23.7 Å². The average molecular weight is 1140 g/mol. The van der Waals surface area contributed by atoms with Crippen LogP contribution in [0.3, 0.4) is 0 Å². The van der Waals surface area contributed by atoms with Gasteiger partial charge < -0.3 is 9.47 Å². The Morgan fingerprint density at radius 2 is 0.616 bits per heavy atom. The van der Waals surface area contributed by atoms with Crippen LogP contribution in [0.5, 0.6) is 0 Å². The Balaban J connectivity index is 0.876. The summed E-state index contributed by atoms with van der Waals surface area (Å²) in [4.78, 5) is 2.60. The molecule has 0 unspecified atom stereocenters. The van der Waals surface area contributed by atoms with E-state index in [1.165, 1.54) is 124 Å². The molecule has 0 N–H and O–H groups in total. The first-order valence-corrected chi connectivity index (χ1v) is 35.2. The molecule has 5 aliphatic rings. The number of para-hydroxylation sites is 2. The van der Waals surface area contributed by atoms with Gasteiger partial charge >= 0.3 is 0 Å². The number of anilines is 3. The Morgan fingerprint density at radius 1 is 0.279 bits per heavy atom. The molecule has 1 spiro atoms. The molecule has 13 aromatic rings. The van der Waals surface area contributed by atoms with E-state index in [0.29, 0.717) is 11.8 Å². The number of rotatable bonds is 11. The summed E-state index contributed by atoms with van der Waals surface area (Å²) in [6.07, 6.45) is 6.91. The van der Waals surface area contributed by atoms with E-state index in [-0.39, 0.29) is 5.41 Å². The molecule has 412 valence electrons. The van der Waals surface area contributed by atoms with E-state index < -0.39 is 16.1 Å². The van der Waals surface area contributed by atoms with Gasteiger partial charge in [0, 0.05) is 27.6 Å². The SMILES string of the molecule is c1ccc([Si](c2ccccc2)(c2ccccc2)c2ccc3c(c2)c2cc([Si](c4ccccc4)(c4ccccc4)c4ccccc4)ccc2n3-c2cccc(-c3cccc(N4c5ccccc5C5(c6ccccc64)C4CC6CC(C4)CC5C6)c3)c2)cc1. The fourth-order valence-electron chi connectivity index (χ4n) is 17.9. The predicted molar refractivity (Wildman–Crippen MR) is 366 cm³/mol. The van der Waals surface area contributed by atoms with Crippen molar-refractivity contribution < 1.29 is 0 Å². The highest BCUT2D eigenvalue weighted by Crippen LogP contribution is 2.69. The molecule has 0 saturated heterocycles. The summed E-state index contributed by atoms with van der Waals surface area (Å²) in [5.41, 5.74) is 13.0. The van der Waals surface area contributed by atoms with Crippen LogP contribution >= 0.6 is 0 Å². The van der Waals surface area contributed by atoms with Crippen LogP contribution in [0.1, 0.15) is 43.2 Å². The third-order valence-corrected chi connectivity index (χ3v) is 30.6. The van der Waals surface area contributed by atoms with Crippen molar-refractivity contribution in [3.63, 3.8) is 0 Å². The molecule has 0 amide bonds. The van der Waals surface area contributed by atoms with Crippen molar-refractivity contribution in [2.75, 3.05) is 4.90 Å². The van der Waals surface area contributed by atoms with E-state index >= 15 is 0 Å². The smallest absolute Gasteiger partial charge is 0.179 e. The van der Waals surface area contributed by atoms with Crippen molar-refractivity contribution in [3.8, 4) is 16.8 Å². The second-order valence-corrected chi connectivity index (χ2v) is 32.8. The van der Waals surface area contributed by atoms with Crippen molar-refractivity contribution in [2.45, 2.75) is 37.5 Å². The van der Waals surface area contributed by atoms with E-state index in [1.807, 2.05) is 0 Å². The van der Waals surface area contributed by atoms with Crippen molar-refractivity contribution in [1.82, 2.24) is 4.57 Å². The Bertz CT molecular complexity index is 4200. The quantitative estimate of drug-likeness (QED) is 0.0926. The lowest BCUT2D eigenvalue weighted by Gasteiger charge is -2.64. The molecule has 1 aromatic heterocycles. The fourth-order valence-corrected chi connectivity index (χ4v) is 27.5. The summed E-state index contributed by atoms with van der Waals surface area (Å²) in [7, 11) is -5.85. The minimum atomic E-state index is -2.92. The first-order chi connectivity index (χ1) is 42.6. The first kappa shape index (κ1) is 51.1. The Kier molecular flexibility index (Phi) is 12.2. The molecular weight excluding hydrogens is 1070 g/mol. The molecule has 4 heteroatoms. The second kappa shape index (κ2) is 20.4. The van der Waals surface area contributed by atoms with Crippen molar-refractivity contribution in [3.05, 3.63) is 327 Å². The van der Waals surface area contributed by atoms with Crippen molar-refractivity contribution in [1.29, 1.82) is 0 Å². The van der Waals surface area contributed by atoms with E-state index in [4.69, 9.17) is 0 Å². The molecular formula is C82H66N2Si2. The molecule has 18 rings (SSSR count). The fraction of sp³-hybridized carbons (Fsp3) is 0.122. The monoisotopic (exact) mass is 1130 g/mol. The van der Waals surface area contributed by atoms with Crippen molar-refractivity contribution >= 4 is 96.5 Å². The van der Waals surface area contributed by atoms with Crippen LogP contribution in [0.2, 0.25) is 0 Å². The summed E-state index contributed by atoms with van der Waals surface area (Å²) in [6.45, 7) is 0. The standard InChI is InChI=1S/C82H66N2Si2/c1-7-29-66(30-8-1)85(67-31-9-2-10-32-67,68-33-11-3-12-34-68)72-45-47-78-74(56-72)75-57-73(86(69-35-13-4-14-36-69,70-37-15-5-16-38-70)71-39-17-6-18-40-71)46-48-79(75)83(78)64-27-23-25-60(54-64)61-26-24-28-65(55-61)84-80-43-21-19-41-76(80)82(77-42-20-22-44-81(77)84)62-50-58-49-59(52-62)53-63(82)51-58/h1-48,54-59,62-63H,49-53H2. The van der Waals surface area contributed by atoms with E-state index in [2.05, 4.69) is 325 Å². The highest BCUT2D eigenvalue weighted by molar-refractivity contribution is 7.20. The molecule has 4 bridgehead atoms. The van der Waals surface area contributed by atoms with Gasteiger partial charge in [-0.15, -0.1) is 0 Å². The van der Waals surface area contributed by atoms with Crippen LogP contribution in [0.15, 0.2) is 315 Å². The molecule has 2 nitrogen and oxygen atoms in total. The third-order valence-electron chi connectivity index (χ3n) is 21.0. The van der Waals surface area contributed by atoms with E-state index in [1.54, 1.807) is 11.1 Å². The molecule has 0 atom stereocenters. The van der Waals surface area contributed by atoms with Crippen LogP contribution in [-0.2, 0) is 5.41 Å². The van der Waals surface area contributed by atoms with Gasteiger partial charge in [-0.25, -0.2) is 0 Å². The van der Waals surface area contributed by atoms with Gasteiger partial charge in [-0.1, -0.05) is 267 Å². The largest absolute Gasteiger partial charge is 0.310 e. The van der Waals surface area contributed by atoms with Gasteiger partial charge in [-0.05, 0) is 168 Å². The van der Waals surface area contributed by atoms with Gasteiger partial charge in [0.1, 0.15) is 0 Å². The highest BCUT2D eigenvalue weighted by atomic mass is 28.3. The van der Waals surface area contributed by atoms with Gasteiger partial charge in [-0.2, -0.15) is 0 Å². The second-order valence-electron chi connectivity index (χ2n) is 25.1. The minimum Gasteiger partial charge on any atom is -0.310 e. The zero-order chi connectivity index (χ0) is 56.8. The molecule has 4 fully saturated rings. The topological polar surface area (TPSA) is 8.17 Å². The number of nitrogens with zero attached hydrogens (tertiary/aromatic N) is 2. The third kappa shape index (κ3) is 7.62. The van der Waals surface area contributed by atoms with Crippen LogP contribution in [-0.4, -0.2) is 20.7 Å². The maximum atomic E-state index is 2.60. The van der Waals surface area contributed by atoms with Gasteiger partial charge in [-0.3, -0.25) is 0 Å². The van der Waals surface area contributed by atoms with E-state index in [9.17, 15) is 0 Å². The number of fused-ring (bicyclic) bond motifs is 5.